The average molecular weight is 532 g/mol. The number of fused-ring (bicyclic) bond motifs is 1. The minimum atomic E-state index is -3.48. The van der Waals surface area contributed by atoms with E-state index in [1.165, 1.54) is 4.90 Å². The zero-order valence-electron chi connectivity index (χ0n) is 21.1. The van der Waals surface area contributed by atoms with Crippen LogP contribution in [0.25, 0.3) is 0 Å². The Labute approximate surface area is 216 Å². The molecule has 37 heavy (non-hydrogen) atoms. The van der Waals surface area contributed by atoms with E-state index < -0.39 is 44.0 Å². The number of carboxylic acid groups (broad SMARTS) is 1. The van der Waals surface area contributed by atoms with Gasteiger partial charge in [-0.2, -0.15) is 0 Å². The van der Waals surface area contributed by atoms with E-state index in [0.717, 1.165) is 11.1 Å². The molecule has 0 unspecified atom stereocenters. The van der Waals surface area contributed by atoms with Crippen LogP contribution in [-0.4, -0.2) is 61.0 Å². The van der Waals surface area contributed by atoms with Gasteiger partial charge in [0.15, 0.2) is 0 Å². The van der Waals surface area contributed by atoms with Crippen molar-refractivity contribution in [3.8, 4) is 0 Å². The first kappa shape index (κ1) is 28.5. The third-order valence-corrected chi connectivity index (χ3v) is 7.81. The Morgan fingerprint density at radius 3 is 2.38 bits per heavy atom. The van der Waals surface area contributed by atoms with Gasteiger partial charge in [-0.1, -0.05) is 48.5 Å². The second kappa shape index (κ2) is 13.5. The third kappa shape index (κ3) is 7.97. The molecule has 200 valence electrons. The Hall–Kier alpha value is -3.04. The van der Waals surface area contributed by atoms with Gasteiger partial charge in [0.1, 0.15) is 12.6 Å². The number of anilines is 1. The van der Waals surface area contributed by atoms with E-state index in [4.69, 9.17) is 9.05 Å². The van der Waals surface area contributed by atoms with E-state index in [9.17, 15) is 24.1 Å². The summed E-state index contributed by atoms with van der Waals surface area (Å²) in [4.78, 5) is 39.6. The number of aliphatic carboxylic acids is 1. The standard InChI is InChI=1S/C26H34N3O7P/c1-3-35-37(34,36-4-2)18-27-22(16-19-10-6-5-7-11-19)25(32)28-21-15-14-20-12-8-9-13-23(20)29(26(21)33)17-24(30)31/h5-13,21-22,27H,3-4,14-18H2,1-2H3,(H,28,32)(H,30,31)/t21-,22-/m0/s1. The van der Waals surface area contributed by atoms with E-state index in [0.29, 0.717) is 18.5 Å². The molecule has 0 saturated heterocycles. The van der Waals surface area contributed by atoms with Gasteiger partial charge in [-0.3, -0.25) is 29.2 Å². The largest absolute Gasteiger partial charge is 0.480 e. The van der Waals surface area contributed by atoms with Gasteiger partial charge in [-0.15, -0.1) is 0 Å². The number of carboxylic acids is 1. The smallest absolute Gasteiger partial charge is 0.344 e. The molecule has 10 nitrogen and oxygen atoms in total. The van der Waals surface area contributed by atoms with Crippen LogP contribution in [-0.2, 0) is 40.8 Å². The van der Waals surface area contributed by atoms with Crippen LogP contribution in [0.1, 0.15) is 31.4 Å². The number of carbonyl (C=O) groups excluding carboxylic acids is 2. The maximum absolute atomic E-state index is 13.5. The number of nitrogens with one attached hydrogen (secondary N) is 2. The fourth-order valence-electron chi connectivity index (χ4n) is 4.27. The van der Waals surface area contributed by atoms with Gasteiger partial charge in [-0.05, 0) is 50.3 Å². The van der Waals surface area contributed by atoms with Gasteiger partial charge < -0.3 is 19.5 Å². The zero-order valence-corrected chi connectivity index (χ0v) is 22.0. The Morgan fingerprint density at radius 1 is 1.08 bits per heavy atom. The van der Waals surface area contributed by atoms with Gasteiger partial charge in [-0.25, -0.2) is 0 Å². The number of rotatable bonds is 13. The van der Waals surface area contributed by atoms with Gasteiger partial charge >= 0.3 is 13.6 Å². The van der Waals surface area contributed by atoms with Crippen LogP contribution >= 0.6 is 7.60 Å². The molecular weight excluding hydrogens is 497 g/mol. The van der Waals surface area contributed by atoms with Gasteiger partial charge in [0.05, 0.1) is 25.5 Å². The van der Waals surface area contributed by atoms with Crippen molar-refractivity contribution < 1.29 is 33.1 Å². The highest BCUT2D eigenvalue weighted by molar-refractivity contribution is 7.53. The summed E-state index contributed by atoms with van der Waals surface area (Å²) in [6.07, 6.45) is 0.884. The van der Waals surface area contributed by atoms with E-state index in [1.807, 2.05) is 42.5 Å². The lowest BCUT2D eigenvalue weighted by Gasteiger charge is -2.27. The minimum Gasteiger partial charge on any atom is -0.480 e. The predicted octanol–water partition coefficient (Wildman–Crippen LogP) is 2.96. The van der Waals surface area contributed by atoms with Gasteiger partial charge in [0, 0.05) is 5.69 Å². The number of amides is 2. The monoisotopic (exact) mass is 531 g/mol. The number of benzene rings is 2. The summed E-state index contributed by atoms with van der Waals surface area (Å²) in [5.74, 6) is -2.11. The summed E-state index contributed by atoms with van der Waals surface area (Å²) in [5.41, 5.74) is 2.23. The first-order valence-electron chi connectivity index (χ1n) is 12.3. The molecular formula is C26H34N3O7P. The van der Waals surface area contributed by atoms with Crippen LogP contribution in [0, 0.1) is 0 Å². The maximum Gasteiger partial charge on any atom is 0.344 e. The van der Waals surface area contributed by atoms with E-state index >= 15 is 0 Å². The number of hydrogen-bond donors (Lipinski definition) is 3. The summed E-state index contributed by atoms with van der Waals surface area (Å²) in [6.45, 7) is 3.27. The van der Waals surface area contributed by atoms with Crippen molar-refractivity contribution in [3.63, 3.8) is 0 Å². The molecule has 0 aromatic heterocycles. The van der Waals surface area contributed by atoms with Crippen LogP contribution < -0.4 is 15.5 Å². The van der Waals surface area contributed by atoms with Crippen molar-refractivity contribution >= 4 is 31.1 Å². The predicted molar refractivity (Wildman–Crippen MR) is 139 cm³/mol. The lowest BCUT2D eigenvalue weighted by molar-refractivity contribution is -0.137. The first-order valence-corrected chi connectivity index (χ1v) is 14.1. The van der Waals surface area contributed by atoms with Crippen LogP contribution in [0.2, 0.25) is 0 Å². The van der Waals surface area contributed by atoms with Crippen LogP contribution in [0.3, 0.4) is 0 Å². The van der Waals surface area contributed by atoms with E-state index in [-0.39, 0.29) is 25.9 Å². The average Bonchev–Trinajstić information content (AvgIpc) is 2.99. The molecule has 1 heterocycles. The number of hydrogen-bond acceptors (Lipinski definition) is 7. The van der Waals surface area contributed by atoms with E-state index in [1.54, 1.807) is 26.0 Å². The number of carbonyl (C=O) groups is 3. The molecule has 1 aliphatic rings. The molecule has 2 atom stereocenters. The highest BCUT2D eigenvalue weighted by atomic mass is 31.2. The molecule has 2 aromatic rings. The number of nitrogens with zero attached hydrogens (tertiary/aromatic N) is 1. The molecule has 3 N–H and O–H groups in total. The molecule has 1 aliphatic heterocycles. The van der Waals surface area contributed by atoms with Gasteiger partial charge in [0.2, 0.25) is 11.8 Å². The molecule has 11 heteroatoms. The summed E-state index contributed by atoms with van der Waals surface area (Å²) in [6, 6.07) is 14.7. The summed E-state index contributed by atoms with van der Waals surface area (Å²) >= 11 is 0. The van der Waals surface area contributed by atoms with Crippen molar-refractivity contribution in [1.82, 2.24) is 10.6 Å². The zero-order chi connectivity index (χ0) is 26.8. The quantitative estimate of drug-likeness (QED) is 0.336. The summed E-state index contributed by atoms with van der Waals surface area (Å²) < 4.78 is 23.7. The third-order valence-electron chi connectivity index (χ3n) is 5.94. The summed E-state index contributed by atoms with van der Waals surface area (Å²) in [7, 11) is -3.48. The lowest BCUT2D eigenvalue weighted by atomic mass is 10.0. The van der Waals surface area contributed by atoms with Crippen molar-refractivity contribution in [3.05, 3.63) is 65.7 Å². The highest BCUT2D eigenvalue weighted by Gasteiger charge is 2.34. The minimum absolute atomic E-state index is 0.186. The molecule has 2 amide bonds. The van der Waals surface area contributed by atoms with Crippen molar-refractivity contribution in [1.29, 1.82) is 0 Å². The molecule has 0 radical (unpaired) electrons. The molecule has 0 spiro atoms. The fraction of sp³-hybridized carbons (Fsp3) is 0.423. The SMILES string of the molecule is CCOP(=O)(CN[C@@H](Cc1ccccc1)C(=O)N[C@H]1CCc2ccccc2N(CC(=O)O)C1=O)OCC. The second-order valence-electron chi connectivity index (χ2n) is 8.60. The molecule has 0 saturated carbocycles. The van der Waals surface area contributed by atoms with E-state index in [2.05, 4.69) is 10.6 Å². The molecule has 2 aromatic carbocycles. The van der Waals surface area contributed by atoms with Crippen LogP contribution in [0.4, 0.5) is 5.69 Å². The van der Waals surface area contributed by atoms with Crippen LogP contribution in [0.15, 0.2) is 54.6 Å². The Morgan fingerprint density at radius 2 is 1.73 bits per heavy atom. The van der Waals surface area contributed by atoms with Crippen molar-refractivity contribution in [2.45, 2.75) is 45.2 Å². The molecule has 0 fully saturated rings. The Bertz CT molecular complexity index is 1120. The Balaban J connectivity index is 1.81. The number of aryl methyl sites for hydroxylation is 1. The maximum atomic E-state index is 13.5. The van der Waals surface area contributed by atoms with Crippen molar-refractivity contribution in [2.75, 3.05) is 30.9 Å². The second-order valence-corrected chi connectivity index (χ2v) is 10.7. The molecule has 0 bridgehead atoms. The number of para-hydroxylation sites is 1. The fourth-order valence-corrected chi connectivity index (χ4v) is 5.76. The highest BCUT2D eigenvalue weighted by Crippen LogP contribution is 2.46. The lowest BCUT2D eigenvalue weighted by Crippen LogP contribution is -2.54. The molecule has 3 rings (SSSR count). The normalized spacial score (nSPS) is 16.5. The first-order chi connectivity index (χ1) is 17.8. The van der Waals surface area contributed by atoms with Crippen LogP contribution in [0.5, 0.6) is 0 Å². The topological polar surface area (TPSA) is 134 Å². The molecule has 0 aliphatic carbocycles. The van der Waals surface area contributed by atoms with Gasteiger partial charge in [0.25, 0.3) is 0 Å². The Kier molecular flexibility index (Phi) is 10.4. The van der Waals surface area contributed by atoms with Crippen molar-refractivity contribution in [2.24, 2.45) is 0 Å². The summed E-state index contributed by atoms with van der Waals surface area (Å²) in [5, 5.41) is 15.2.